The summed E-state index contributed by atoms with van der Waals surface area (Å²) in [6.07, 6.45) is 4.91. The van der Waals surface area contributed by atoms with E-state index in [4.69, 9.17) is 11.6 Å². The maximum Gasteiger partial charge on any atom is 0.243 e. The van der Waals surface area contributed by atoms with Gasteiger partial charge in [0.05, 0.1) is 15.8 Å². The molecule has 1 aliphatic heterocycles. The predicted molar refractivity (Wildman–Crippen MR) is 105 cm³/mol. The van der Waals surface area contributed by atoms with Gasteiger partial charge < -0.3 is 0 Å². The molecule has 0 spiro atoms. The molecular weight excluding hydrogens is 366 g/mol. The summed E-state index contributed by atoms with van der Waals surface area (Å²) < 4.78 is 28.6. The van der Waals surface area contributed by atoms with Gasteiger partial charge in [0.25, 0.3) is 0 Å². The molecule has 4 rings (SSSR count). The van der Waals surface area contributed by atoms with Crippen LogP contribution >= 0.6 is 11.6 Å². The van der Waals surface area contributed by atoms with E-state index in [1.807, 2.05) is 36.4 Å². The van der Waals surface area contributed by atoms with Crippen molar-refractivity contribution in [2.24, 2.45) is 5.92 Å². The minimum absolute atomic E-state index is 0.146. The second kappa shape index (κ2) is 6.99. The van der Waals surface area contributed by atoms with Crippen LogP contribution in [0.25, 0.3) is 0 Å². The second-order valence-electron chi connectivity index (χ2n) is 7.42. The first-order valence-corrected chi connectivity index (χ1v) is 11.1. The van der Waals surface area contributed by atoms with Gasteiger partial charge in [0.15, 0.2) is 0 Å². The average Bonchev–Trinajstić information content (AvgIpc) is 2.68. The van der Waals surface area contributed by atoms with Crippen LogP contribution in [0, 0.1) is 5.92 Å². The van der Waals surface area contributed by atoms with E-state index < -0.39 is 10.0 Å². The molecule has 138 valence electrons. The number of piperidine rings is 1. The van der Waals surface area contributed by atoms with Crippen LogP contribution in [0.4, 0.5) is 0 Å². The lowest BCUT2D eigenvalue weighted by atomic mass is 9.69. The van der Waals surface area contributed by atoms with Gasteiger partial charge in [0.2, 0.25) is 10.0 Å². The van der Waals surface area contributed by atoms with Crippen LogP contribution in [0.5, 0.6) is 0 Å². The van der Waals surface area contributed by atoms with E-state index in [0.29, 0.717) is 17.9 Å². The summed E-state index contributed by atoms with van der Waals surface area (Å²) in [6, 6.07) is 18.6. The molecule has 1 aliphatic carbocycles. The zero-order valence-corrected chi connectivity index (χ0v) is 16.3. The Morgan fingerprint density at radius 3 is 2.27 bits per heavy atom. The number of rotatable bonds is 3. The number of hydrogen-bond donors (Lipinski definition) is 0. The number of hydrogen-bond acceptors (Lipinski definition) is 2. The van der Waals surface area contributed by atoms with Crippen molar-refractivity contribution in [3.8, 4) is 0 Å². The van der Waals surface area contributed by atoms with E-state index in [1.54, 1.807) is 28.6 Å². The van der Waals surface area contributed by atoms with Gasteiger partial charge in [-0.2, -0.15) is 4.31 Å². The summed E-state index contributed by atoms with van der Waals surface area (Å²) in [5.41, 5.74) is 1.05. The smallest absolute Gasteiger partial charge is 0.207 e. The summed E-state index contributed by atoms with van der Waals surface area (Å²) in [6.45, 7) is 0.469. The average molecular weight is 390 g/mol. The molecule has 3 nitrogen and oxygen atoms in total. The highest BCUT2D eigenvalue weighted by Gasteiger charge is 2.51. The van der Waals surface area contributed by atoms with Crippen LogP contribution in [0.2, 0.25) is 0 Å². The van der Waals surface area contributed by atoms with Gasteiger partial charge >= 0.3 is 0 Å². The summed E-state index contributed by atoms with van der Waals surface area (Å²) in [7, 11) is -3.56. The van der Waals surface area contributed by atoms with Crippen molar-refractivity contribution in [2.75, 3.05) is 6.54 Å². The third-order valence-electron chi connectivity index (χ3n) is 5.95. The molecule has 2 fully saturated rings. The molecule has 1 saturated heterocycles. The quantitative estimate of drug-likeness (QED) is 0.693. The number of nitrogens with zero attached hydrogens (tertiary/aromatic N) is 1. The highest BCUT2D eigenvalue weighted by atomic mass is 35.5. The Kier molecular flexibility index (Phi) is 4.84. The van der Waals surface area contributed by atoms with Crippen molar-refractivity contribution in [3.05, 3.63) is 66.2 Å². The lowest BCUT2D eigenvalue weighted by molar-refractivity contribution is 0.0933. The highest BCUT2D eigenvalue weighted by molar-refractivity contribution is 7.89. The molecule has 0 amide bonds. The molecule has 0 N–H and O–H groups in total. The highest BCUT2D eigenvalue weighted by Crippen LogP contribution is 2.53. The van der Waals surface area contributed by atoms with Crippen LogP contribution in [-0.4, -0.2) is 24.1 Å². The van der Waals surface area contributed by atoms with E-state index in [9.17, 15) is 8.42 Å². The molecule has 0 aromatic heterocycles. The minimum atomic E-state index is -3.56. The number of benzene rings is 2. The van der Waals surface area contributed by atoms with E-state index in [1.165, 1.54) is 0 Å². The van der Waals surface area contributed by atoms with Crippen LogP contribution in [-0.2, 0) is 10.0 Å². The Morgan fingerprint density at radius 2 is 1.58 bits per heavy atom. The molecule has 1 saturated carbocycles. The number of alkyl halides is 1. The van der Waals surface area contributed by atoms with Crippen LogP contribution in [0.3, 0.4) is 0 Å². The molecule has 0 bridgehead atoms. The molecular formula is C21H24ClNO2S. The maximum atomic E-state index is 13.4. The first kappa shape index (κ1) is 18.0. The number of halogens is 1. The van der Waals surface area contributed by atoms with E-state index in [0.717, 1.165) is 31.2 Å². The topological polar surface area (TPSA) is 37.4 Å². The third kappa shape index (κ3) is 3.08. The van der Waals surface area contributed by atoms with Gasteiger partial charge in [-0.25, -0.2) is 8.42 Å². The van der Waals surface area contributed by atoms with Crippen molar-refractivity contribution in [1.82, 2.24) is 4.31 Å². The lowest BCUT2D eigenvalue weighted by Crippen LogP contribution is -2.53. The van der Waals surface area contributed by atoms with Crippen molar-refractivity contribution >= 4 is 21.6 Å². The van der Waals surface area contributed by atoms with Gasteiger partial charge in [0, 0.05) is 6.54 Å². The summed E-state index contributed by atoms with van der Waals surface area (Å²) in [4.78, 5) is 0.0698. The van der Waals surface area contributed by atoms with Gasteiger partial charge in [-0.15, -0.1) is 11.6 Å². The van der Waals surface area contributed by atoms with Crippen molar-refractivity contribution in [2.45, 2.75) is 47.9 Å². The minimum Gasteiger partial charge on any atom is -0.207 e. The number of fused-ring (bicyclic) bond motifs is 1. The standard InChI is InChI=1S/C21H24ClNO2S/c22-21-14-8-7-13-19(21)20(17-9-3-1-4-10-17)23(16-15-21)26(24,25)18-11-5-2-6-12-18/h1-6,9-12,19-20H,7-8,13-16H2/t19-,20-,21+/m1/s1. The molecule has 1 heterocycles. The van der Waals surface area contributed by atoms with Gasteiger partial charge in [-0.3, -0.25) is 0 Å². The maximum absolute atomic E-state index is 13.4. The Balaban J connectivity index is 1.81. The molecule has 2 aromatic rings. The fourth-order valence-electron chi connectivity index (χ4n) is 4.66. The zero-order valence-electron chi connectivity index (χ0n) is 14.7. The lowest BCUT2D eigenvalue weighted by Gasteiger charge is -2.51. The van der Waals surface area contributed by atoms with Crippen molar-refractivity contribution < 1.29 is 8.42 Å². The van der Waals surface area contributed by atoms with Gasteiger partial charge in [0.1, 0.15) is 0 Å². The molecule has 0 radical (unpaired) electrons. The Morgan fingerprint density at radius 1 is 0.923 bits per heavy atom. The monoisotopic (exact) mass is 389 g/mol. The van der Waals surface area contributed by atoms with Gasteiger partial charge in [-0.1, -0.05) is 61.4 Å². The summed E-state index contributed by atoms with van der Waals surface area (Å²) in [5, 5.41) is 0. The van der Waals surface area contributed by atoms with E-state index in [-0.39, 0.29) is 16.8 Å². The van der Waals surface area contributed by atoms with Crippen LogP contribution < -0.4 is 0 Å². The number of sulfonamides is 1. The van der Waals surface area contributed by atoms with Gasteiger partial charge in [-0.05, 0) is 42.9 Å². The normalized spacial score (nSPS) is 29.9. The third-order valence-corrected chi connectivity index (χ3v) is 8.51. The zero-order chi connectivity index (χ0) is 18.2. The molecule has 2 aromatic carbocycles. The predicted octanol–water partition coefficient (Wildman–Crippen LogP) is 4.99. The van der Waals surface area contributed by atoms with Crippen molar-refractivity contribution in [1.29, 1.82) is 0 Å². The second-order valence-corrected chi connectivity index (χ2v) is 10.1. The molecule has 26 heavy (non-hydrogen) atoms. The first-order valence-electron chi connectivity index (χ1n) is 9.33. The van der Waals surface area contributed by atoms with E-state index >= 15 is 0 Å². The fraction of sp³-hybridized carbons (Fsp3) is 0.429. The SMILES string of the molecule is O=S(=O)(c1ccccc1)N1CC[C@@]2(Cl)CCCC[C@@H]2[C@H]1c1ccccc1. The van der Waals surface area contributed by atoms with E-state index in [2.05, 4.69) is 0 Å². The van der Waals surface area contributed by atoms with Crippen LogP contribution in [0.1, 0.15) is 43.7 Å². The molecule has 0 unspecified atom stereocenters. The van der Waals surface area contributed by atoms with Crippen molar-refractivity contribution in [3.63, 3.8) is 0 Å². The molecule has 3 atom stereocenters. The summed E-state index contributed by atoms with van der Waals surface area (Å²) in [5.74, 6) is 0.146. The fourth-order valence-corrected chi connectivity index (χ4v) is 6.78. The largest absolute Gasteiger partial charge is 0.243 e. The molecule has 2 aliphatic rings. The summed E-state index contributed by atoms with van der Waals surface area (Å²) >= 11 is 7.06. The van der Waals surface area contributed by atoms with Crippen LogP contribution in [0.15, 0.2) is 65.6 Å². The Labute approximate surface area is 161 Å². The molecule has 5 heteroatoms. The Hall–Kier alpha value is -1.36. The Bertz CT molecular complexity index is 856. The first-order chi connectivity index (χ1) is 12.5.